The monoisotopic (exact) mass is 102 g/mol. The Labute approximate surface area is 42.4 Å². The molecule has 42 valence electrons. The number of aliphatic imine (C=N–C) groups is 1. The summed E-state index contributed by atoms with van der Waals surface area (Å²) < 4.78 is 0. The Hall–Kier alpha value is -0.770. The zero-order valence-electron chi connectivity index (χ0n) is 4.26. The van der Waals surface area contributed by atoms with Gasteiger partial charge in [-0.15, -0.1) is 0 Å². The Morgan fingerprint density at radius 1 is 1.57 bits per heavy atom. The number of hydrogen-bond donors (Lipinski definition) is 3. The van der Waals surface area contributed by atoms with Crippen LogP contribution in [-0.4, -0.2) is 12.1 Å². The molecule has 0 spiro atoms. The van der Waals surface area contributed by atoms with E-state index in [1.165, 1.54) is 0 Å². The molecule has 4 nitrogen and oxygen atoms in total. The molecular formula is C3H10N4. The van der Waals surface area contributed by atoms with Crippen molar-refractivity contribution in [1.29, 1.82) is 0 Å². The molecule has 7 heavy (non-hydrogen) atoms. The van der Waals surface area contributed by atoms with Crippen LogP contribution in [0.3, 0.4) is 0 Å². The molecule has 4 heteroatoms. The third-order valence-electron chi connectivity index (χ3n) is 0.353. The van der Waals surface area contributed by atoms with Crippen LogP contribution in [0.2, 0.25) is 0 Å². The van der Waals surface area contributed by atoms with Crippen molar-refractivity contribution in [3.63, 3.8) is 0 Å². The largest absolute Gasteiger partial charge is 0.370 e. The highest BCUT2D eigenvalue weighted by Crippen LogP contribution is 1.70. The Morgan fingerprint density at radius 3 is 2.00 bits per heavy atom. The van der Waals surface area contributed by atoms with Crippen molar-refractivity contribution in [1.82, 2.24) is 0 Å². The predicted octanol–water partition coefficient (Wildman–Crippen LogP) is -1.44. The zero-order chi connectivity index (χ0) is 5.86. The maximum absolute atomic E-state index is 5.15. The third kappa shape index (κ3) is 5.23. The normalized spacial score (nSPS) is 12.9. The molecule has 0 fully saturated rings. The highest BCUT2D eigenvalue weighted by molar-refractivity contribution is 5.75. The second-order valence-electron chi connectivity index (χ2n) is 1.29. The Kier molecular flexibility index (Phi) is 2.15. The fraction of sp³-hybridized carbons (Fsp3) is 0.667. The molecule has 0 heterocycles. The van der Waals surface area contributed by atoms with Crippen molar-refractivity contribution < 1.29 is 0 Å². The maximum atomic E-state index is 5.15. The quantitative estimate of drug-likeness (QED) is 0.280. The molecular weight excluding hydrogens is 92.1 g/mol. The molecule has 0 amide bonds. The molecule has 0 aromatic carbocycles. The van der Waals surface area contributed by atoms with Gasteiger partial charge in [0.1, 0.15) is 0 Å². The summed E-state index contributed by atoms with van der Waals surface area (Å²) in [6, 6.07) is 0. The molecule has 0 aliphatic carbocycles. The van der Waals surface area contributed by atoms with E-state index in [-0.39, 0.29) is 12.1 Å². The summed E-state index contributed by atoms with van der Waals surface area (Å²) >= 11 is 0. The average molecular weight is 102 g/mol. The van der Waals surface area contributed by atoms with Crippen LogP contribution in [0.5, 0.6) is 0 Å². The van der Waals surface area contributed by atoms with Gasteiger partial charge in [0.05, 0.1) is 6.17 Å². The van der Waals surface area contributed by atoms with E-state index in [0.717, 1.165) is 0 Å². The summed E-state index contributed by atoms with van der Waals surface area (Å²) in [6.07, 6.45) is -0.287. The smallest absolute Gasteiger partial charge is 0.187 e. The summed E-state index contributed by atoms with van der Waals surface area (Å²) in [5, 5.41) is 0. The van der Waals surface area contributed by atoms with E-state index >= 15 is 0 Å². The highest BCUT2D eigenvalue weighted by atomic mass is 15.0. The number of guanidine groups is 1. The van der Waals surface area contributed by atoms with Crippen LogP contribution in [0.1, 0.15) is 6.92 Å². The van der Waals surface area contributed by atoms with Gasteiger partial charge in [-0.2, -0.15) is 0 Å². The average Bonchev–Trinajstić information content (AvgIpc) is 1.27. The minimum absolute atomic E-state index is 0.0370. The number of nitrogens with two attached hydrogens (primary N) is 3. The molecule has 1 atom stereocenters. The highest BCUT2D eigenvalue weighted by Gasteiger charge is 1.83. The first-order chi connectivity index (χ1) is 3.13. The van der Waals surface area contributed by atoms with Gasteiger partial charge in [-0.25, -0.2) is 4.99 Å². The van der Waals surface area contributed by atoms with Crippen molar-refractivity contribution in [2.75, 3.05) is 0 Å². The first kappa shape index (κ1) is 6.23. The van der Waals surface area contributed by atoms with E-state index in [2.05, 4.69) is 4.99 Å². The molecule has 0 aromatic heterocycles. The van der Waals surface area contributed by atoms with Gasteiger partial charge in [0.25, 0.3) is 0 Å². The lowest BCUT2D eigenvalue weighted by atomic mass is 10.6. The molecule has 1 unspecified atom stereocenters. The van der Waals surface area contributed by atoms with Gasteiger partial charge in [-0.05, 0) is 6.92 Å². The van der Waals surface area contributed by atoms with Crippen molar-refractivity contribution in [2.24, 2.45) is 22.2 Å². The molecule has 6 N–H and O–H groups in total. The Balaban J connectivity index is 3.45. The number of rotatable bonds is 1. The molecule has 0 aliphatic rings. The summed E-state index contributed by atoms with van der Waals surface area (Å²) in [6.45, 7) is 1.69. The molecule has 0 saturated carbocycles. The molecule has 0 bridgehead atoms. The van der Waals surface area contributed by atoms with Crippen LogP contribution < -0.4 is 17.2 Å². The standard InChI is InChI=1S/C3H10N4/c1-2(4)7-3(5)6/h2H,4H2,1H3,(H4,5,6,7). The minimum atomic E-state index is -0.287. The second kappa shape index (κ2) is 2.41. The van der Waals surface area contributed by atoms with Crippen LogP contribution in [0, 0.1) is 0 Å². The van der Waals surface area contributed by atoms with Crippen LogP contribution in [0.25, 0.3) is 0 Å². The second-order valence-corrected chi connectivity index (χ2v) is 1.29. The van der Waals surface area contributed by atoms with Gasteiger partial charge >= 0.3 is 0 Å². The van der Waals surface area contributed by atoms with Crippen LogP contribution in [-0.2, 0) is 0 Å². The number of nitrogens with zero attached hydrogens (tertiary/aromatic N) is 1. The van der Waals surface area contributed by atoms with Gasteiger partial charge in [-0.3, -0.25) is 0 Å². The minimum Gasteiger partial charge on any atom is -0.370 e. The summed E-state index contributed by atoms with van der Waals surface area (Å²) in [5.74, 6) is 0.0370. The van der Waals surface area contributed by atoms with E-state index in [0.29, 0.717) is 0 Å². The summed E-state index contributed by atoms with van der Waals surface area (Å²) in [5.41, 5.74) is 15.0. The Bertz CT molecular complexity index is 71.0. The van der Waals surface area contributed by atoms with E-state index in [4.69, 9.17) is 17.2 Å². The van der Waals surface area contributed by atoms with E-state index in [1.54, 1.807) is 6.92 Å². The molecule has 0 rings (SSSR count). The van der Waals surface area contributed by atoms with Gasteiger partial charge in [-0.1, -0.05) is 0 Å². The van der Waals surface area contributed by atoms with Crippen molar-refractivity contribution in [3.05, 3.63) is 0 Å². The Morgan fingerprint density at radius 2 is 2.00 bits per heavy atom. The summed E-state index contributed by atoms with van der Waals surface area (Å²) in [7, 11) is 0. The van der Waals surface area contributed by atoms with Gasteiger partial charge < -0.3 is 17.2 Å². The fourth-order valence-corrected chi connectivity index (χ4v) is 0.235. The van der Waals surface area contributed by atoms with Crippen molar-refractivity contribution in [2.45, 2.75) is 13.1 Å². The lowest BCUT2D eigenvalue weighted by Crippen LogP contribution is -2.27. The van der Waals surface area contributed by atoms with Crippen LogP contribution in [0.15, 0.2) is 4.99 Å². The van der Waals surface area contributed by atoms with E-state index < -0.39 is 0 Å². The topological polar surface area (TPSA) is 90.4 Å². The van der Waals surface area contributed by atoms with Crippen molar-refractivity contribution in [3.8, 4) is 0 Å². The molecule has 0 aliphatic heterocycles. The van der Waals surface area contributed by atoms with Crippen LogP contribution in [0.4, 0.5) is 0 Å². The molecule has 0 radical (unpaired) electrons. The lowest BCUT2D eigenvalue weighted by molar-refractivity contribution is 0.789. The molecule has 0 aromatic rings. The maximum Gasteiger partial charge on any atom is 0.187 e. The van der Waals surface area contributed by atoms with E-state index in [9.17, 15) is 0 Å². The van der Waals surface area contributed by atoms with E-state index in [1.807, 2.05) is 0 Å². The predicted molar refractivity (Wildman–Crippen MR) is 29.5 cm³/mol. The third-order valence-corrected chi connectivity index (χ3v) is 0.353. The zero-order valence-corrected chi connectivity index (χ0v) is 4.26. The SMILES string of the molecule is CC(N)N=C(N)N. The number of hydrogen-bond acceptors (Lipinski definition) is 2. The van der Waals surface area contributed by atoms with Gasteiger partial charge in [0, 0.05) is 0 Å². The van der Waals surface area contributed by atoms with Crippen LogP contribution >= 0.6 is 0 Å². The van der Waals surface area contributed by atoms with Crippen molar-refractivity contribution >= 4 is 5.96 Å². The molecule has 0 saturated heterocycles. The fourth-order valence-electron chi connectivity index (χ4n) is 0.235. The first-order valence-corrected chi connectivity index (χ1v) is 1.97. The summed E-state index contributed by atoms with van der Waals surface area (Å²) in [4.78, 5) is 3.53. The van der Waals surface area contributed by atoms with Gasteiger partial charge in [0.15, 0.2) is 5.96 Å². The first-order valence-electron chi connectivity index (χ1n) is 1.97. The lowest BCUT2D eigenvalue weighted by Gasteiger charge is -1.94. The van der Waals surface area contributed by atoms with Gasteiger partial charge in [0.2, 0.25) is 0 Å².